The fourth-order valence-corrected chi connectivity index (χ4v) is 7.75. The minimum atomic E-state index is -0.0199. The Morgan fingerprint density at radius 3 is 2.31 bits per heavy atom. The Balaban J connectivity index is 1.33. The molecular formula is C38H28N+. The van der Waals surface area contributed by atoms with Crippen LogP contribution >= 0.6 is 0 Å². The Morgan fingerprint density at radius 2 is 1.36 bits per heavy atom. The van der Waals surface area contributed by atoms with Gasteiger partial charge >= 0.3 is 0 Å². The molecule has 39 heavy (non-hydrogen) atoms. The summed E-state index contributed by atoms with van der Waals surface area (Å²) in [4.78, 5) is 0. The number of rotatable bonds is 1. The Morgan fingerprint density at radius 1 is 0.590 bits per heavy atom. The van der Waals surface area contributed by atoms with E-state index in [1.807, 2.05) is 0 Å². The number of nitrogens with zero attached hydrogens (tertiary/aromatic N) is 1. The van der Waals surface area contributed by atoms with Crippen molar-refractivity contribution in [2.45, 2.75) is 32.1 Å². The van der Waals surface area contributed by atoms with Gasteiger partial charge in [-0.15, -0.1) is 0 Å². The first-order valence-corrected chi connectivity index (χ1v) is 14.0. The number of pyridine rings is 1. The van der Waals surface area contributed by atoms with Crippen molar-refractivity contribution in [1.82, 2.24) is 0 Å². The fraction of sp³-hybridized carbons (Fsp3) is 0.132. The first-order chi connectivity index (χ1) is 19.1. The Bertz CT molecular complexity index is 2040. The topological polar surface area (TPSA) is 3.88 Å². The minimum absolute atomic E-state index is 0.0199. The van der Waals surface area contributed by atoms with Crippen molar-refractivity contribution in [2.24, 2.45) is 0 Å². The second-order valence-corrected chi connectivity index (χ2v) is 11.9. The van der Waals surface area contributed by atoms with E-state index in [4.69, 9.17) is 0 Å². The van der Waals surface area contributed by atoms with Gasteiger partial charge in [-0.05, 0) is 67.9 Å². The zero-order valence-corrected chi connectivity index (χ0v) is 22.3. The van der Waals surface area contributed by atoms with E-state index in [0.717, 1.165) is 12.8 Å². The average molecular weight is 499 g/mol. The molecule has 1 nitrogen and oxygen atoms in total. The van der Waals surface area contributed by atoms with Gasteiger partial charge in [0.1, 0.15) is 0 Å². The van der Waals surface area contributed by atoms with E-state index in [-0.39, 0.29) is 5.41 Å². The van der Waals surface area contributed by atoms with Gasteiger partial charge in [0.2, 0.25) is 5.69 Å². The van der Waals surface area contributed by atoms with Crippen LogP contribution in [0.4, 0.5) is 0 Å². The standard InChI is InChI=1S/C38H28N/c1-38(2)32-13-7-6-12-29(32)30-17-15-25(21-33(30)38)36-28-11-5-3-9-23(28)19-26-22-35-31(37(26)36)18-16-27-20-24-10-4-8-14-34(24)39(27)35/h3-19,21H,20,22H2,1-2H3/q+1. The van der Waals surface area contributed by atoms with Crippen molar-refractivity contribution in [3.8, 4) is 39.1 Å². The fourth-order valence-electron chi connectivity index (χ4n) is 7.75. The highest BCUT2D eigenvalue weighted by atomic mass is 15.0. The van der Waals surface area contributed by atoms with Crippen molar-refractivity contribution < 1.29 is 4.57 Å². The molecule has 184 valence electrons. The van der Waals surface area contributed by atoms with Crippen LogP contribution in [0, 0.1) is 0 Å². The van der Waals surface area contributed by atoms with Crippen LogP contribution in [0.3, 0.4) is 0 Å². The summed E-state index contributed by atoms with van der Waals surface area (Å²) in [6.07, 6.45) is 1.97. The highest BCUT2D eigenvalue weighted by Crippen LogP contribution is 2.52. The van der Waals surface area contributed by atoms with Gasteiger partial charge in [-0.25, -0.2) is 0 Å². The molecular weight excluding hydrogens is 470 g/mol. The molecule has 5 aromatic carbocycles. The van der Waals surface area contributed by atoms with Gasteiger partial charge in [-0.1, -0.05) is 92.7 Å². The van der Waals surface area contributed by atoms with Gasteiger partial charge in [0.05, 0.1) is 18.4 Å². The van der Waals surface area contributed by atoms with Crippen LogP contribution in [0.15, 0.2) is 109 Å². The molecule has 0 N–H and O–H groups in total. The van der Waals surface area contributed by atoms with E-state index >= 15 is 0 Å². The lowest BCUT2D eigenvalue weighted by Crippen LogP contribution is -2.36. The summed E-state index contributed by atoms with van der Waals surface area (Å²) in [7, 11) is 0. The SMILES string of the molecule is CC1(C)c2ccccc2-c2ccc(-c3c4c(cc5ccccc35)Cc3c-4ccc4[n+]3-c3ccccc3C4)cc21. The predicted octanol–water partition coefficient (Wildman–Crippen LogP) is 8.57. The third-order valence-corrected chi connectivity index (χ3v) is 9.54. The summed E-state index contributed by atoms with van der Waals surface area (Å²) in [5, 5.41) is 2.66. The Hall–Kier alpha value is -4.49. The molecule has 0 saturated heterocycles. The second kappa shape index (κ2) is 7.33. The highest BCUT2D eigenvalue weighted by Gasteiger charge is 2.39. The van der Waals surface area contributed by atoms with Gasteiger partial charge < -0.3 is 0 Å². The molecule has 3 aliphatic rings. The Labute approximate surface area is 229 Å². The number of aromatic nitrogens is 1. The van der Waals surface area contributed by atoms with Crippen LogP contribution in [0.1, 0.15) is 47.5 Å². The average Bonchev–Trinajstić information content (AvgIpc) is 3.59. The van der Waals surface area contributed by atoms with E-state index in [2.05, 4.69) is 128 Å². The third kappa shape index (κ3) is 2.72. The largest absolute Gasteiger partial charge is 0.214 e. The number of fused-ring (bicyclic) bond motifs is 11. The number of hydrogen-bond donors (Lipinski definition) is 0. The monoisotopic (exact) mass is 498 g/mol. The maximum atomic E-state index is 2.54. The van der Waals surface area contributed by atoms with E-state index < -0.39 is 0 Å². The molecule has 0 fully saturated rings. The van der Waals surface area contributed by atoms with Crippen LogP contribution in [0.2, 0.25) is 0 Å². The van der Waals surface area contributed by atoms with Crippen molar-refractivity contribution in [3.63, 3.8) is 0 Å². The third-order valence-electron chi connectivity index (χ3n) is 9.54. The molecule has 0 spiro atoms. The number of benzene rings is 5. The lowest BCUT2D eigenvalue weighted by atomic mass is 9.80. The summed E-state index contributed by atoms with van der Waals surface area (Å²) in [5.41, 5.74) is 18.1. The smallest absolute Gasteiger partial charge is 0.160 e. The van der Waals surface area contributed by atoms with Crippen LogP contribution in [-0.4, -0.2) is 0 Å². The first-order valence-electron chi connectivity index (χ1n) is 14.0. The van der Waals surface area contributed by atoms with Crippen LogP contribution in [0.25, 0.3) is 49.8 Å². The van der Waals surface area contributed by atoms with Crippen molar-refractivity contribution >= 4 is 10.8 Å². The summed E-state index contributed by atoms with van der Waals surface area (Å²) in [6.45, 7) is 4.75. The summed E-state index contributed by atoms with van der Waals surface area (Å²) in [6, 6.07) is 41.2. The molecule has 0 bridgehead atoms. The quantitative estimate of drug-likeness (QED) is 0.200. The summed E-state index contributed by atoms with van der Waals surface area (Å²) in [5.74, 6) is 0. The van der Waals surface area contributed by atoms with E-state index in [1.54, 1.807) is 0 Å². The summed E-state index contributed by atoms with van der Waals surface area (Å²) >= 11 is 0. The van der Waals surface area contributed by atoms with Crippen molar-refractivity contribution in [1.29, 1.82) is 0 Å². The molecule has 0 amide bonds. The molecule has 0 saturated carbocycles. The zero-order valence-electron chi connectivity index (χ0n) is 22.3. The molecule has 0 unspecified atom stereocenters. The molecule has 6 aromatic rings. The first kappa shape index (κ1) is 21.4. The molecule has 1 aromatic heterocycles. The normalized spacial score (nSPS) is 14.9. The molecule has 0 radical (unpaired) electrons. The molecule has 1 aliphatic heterocycles. The number of hydrogen-bond acceptors (Lipinski definition) is 0. The van der Waals surface area contributed by atoms with Gasteiger partial charge in [-0.2, -0.15) is 4.57 Å². The van der Waals surface area contributed by atoms with Gasteiger partial charge in [-0.3, -0.25) is 0 Å². The maximum Gasteiger partial charge on any atom is 0.214 e. The Kier molecular flexibility index (Phi) is 4.03. The summed E-state index contributed by atoms with van der Waals surface area (Å²) < 4.78 is 2.54. The lowest BCUT2D eigenvalue weighted by Gasteiger charge is -2.22. The van der Waals surface area contributed by atoms with Crippen LogP contribution < -0.4 is 4.57 Å². The molecule has 0 atom stereocenters. The second-order valence-electron chi connectivity index (χ2n) is 11.9. The predicted molar refractivity (Wildman–Crippen MR) is 160 cm³/mol. The molecule has 9 rings (SSSR count). The van der Waals surface area contributed by atoms with Gasteiger partial charge in [0.25, 0.3) is 0 Å². The lowest BCUT2D eigenvalue weighted by molar-refractivity contribution is -0.604. The molecule has 2 heterocycles. The molecule has 2 aliphatic carbocycles. The van der Waals surface area contributed by atoms with E-state index in [0.29, 0.717) is 0 Å². The van der Waals surface area contributed by atoms with Gasteiger partial charge in [0.15, 0.2) is 11.4 Å². The zero-order chi connectivity index (χ0) is 25.9. The van der Waals surface area contributed by atoms with Crippen LogP contribution in [0.5, 0.6) is 0 Å². The minimum Gasteiger partial charge on any atom is -0.160 e. The van der Waals surface area contributed by atoms with Crippen molar-refractivity contribution in [3.05, 3.63) is 143 Å². The van der Waals surface area contributed by atoms with Crippen molar-refractivity contribution in [2.75, 3.05) is 0 Å². The molecule has 1 heteroatoms. The van der Waals surface area contributed by atoms with E-state index in [9.17, 15) is 0 Å². The van der Waals surface area contributed by atoms with E-state index in [1.165, 1.54) is 83.5 Å². The maximum absolute atomic E-state index is 2.54. The number of para-hydroxylation sites is 1. The van der Waals surface area contributed by atoms with Crippen LogP contribution in [-0.2, 0) is 18.3 Å². The van der Waals surface area contributed by atoms with Gasteiger partial charge in [0, 0.05) is 28.7 Å². The highest BCUT2D eigenvalue weighted by molar-refractivity contribution is 6.07.